The number of primary sulfonamides is 1. The summed E-state index contributed by atoms with van der Waals surface area (Å²) in [6.45, 7) is 1.47. The molecule has 1 aliphatic rings. The Balaban J connectivity index is 2.29. The standard InChI is InChI=1S/C10H14N2O3S/c11-16(14,15)10-4-2-1-3-9(10)12-5-8(6-12)7-13/h1-4,8,13H,5-7H2,(H2,11,14,15). The van der Waals surface area contributed by atoms with Crippen LogP contribution in [0.15, 0.2) is 29.2 Å². The predicted molar refractivity (Wildman–Crippen MR) is 60.6 cm³/mol. The molecule has 6 heteroatoms. The normalized spacial score (nSPS) is 17.2. The van der Waals surface area contributed by atoms with Crippen LogP contribution in [-0.4, -0.2) is 33.2 Å². The van der Waals surface area contributed by atoms with Crippen LogP contribution in [0.4, 0.5) is 5.69 Å². The maximum absolute atomic E-state index is 11.4. The Kier molecular flexibility index (Phi) is 2.88. The molecule has 0 aliphatic carbocycles. The van der Waals surface area contributed by atoms with E-state index in [0.29, 0.717) is 18.8 Å². The van der Waals surface area contributed by atoms with Gasteiger partial charge in [-0.2, -0.15) is 0 Å². The molecule has 0 unspecified atom stereocenters. The minimum Gasteiger partial charge on any atom is -0.396 e. The number of benzene rings is 1. The van der Waals surface area contributed by atoms with Crippen molar-refractivity contribution in [1.82, 2.24) is 0 Å². The van der Waals surface area contributed by atoms with Crippen molar-refractivity contribution in [2.24, 2.45) is 11.1 Å². The third kappa shape index (κ3) is 2.04. The van der Waals surface area contributed by atoms with E-state index in [0.717, 1.165) is 0 Å². The molecule has 0 aromatic heterocycles. The van der Waals surface area contributed by atoms with Crippen LogP contribution >= 0.6 is 0 Å². The highest BCUT2D eigenvalue weighted by Gasteiger charge is 2.29. The van der Waals surface area contributed by atoms with Gasteiger partial charge in [-0.15, -0.1) is 0 Å². The Morgan fingerprint density at radius 1 is 1.38 bits per heavy atom. The number of hydrogen-bond donors (Lipinski definition) is 2. The third-order valence-corrected chi connectivity index (χ3v) is 3.69. The second-order valence-corrected chi connectivity index (χ2v) is 5.50. The highest BCUT2D eigenvalue weighted by Crippen LogP contribution is 2.29. The Labute approximate surface area is 94.5 Å². The Hall–Kier alpha value is -1.11. The molecule has 16 heavy (non-hydrogen) atoms. The number of nitrogens with zero attached hydrogens (tertiary/aromatic N) is 1. The van der Waals surface area contributed by atoms with Crippen molar-refractivity contribution in [3.63, 3.8) is 0 Å². The first-order valence-corrected chi connectivity index (χ1v) is 6.54. The van der Waals surface area contributed by atoms with Crippen molar-refractivity contribution in [3.8, 4) is 0 Å². The van der Waals surface area contributed by atoms with Gasteiger partial charge in [-0.3, -0.25) is 0 Å². The molecule has 5 nitrogen and oxygen atoms in total. The average Bonchev–Trinajstić information content (AvgIpc) is 2.15. The van der Waals surface area contributed by atoms with E-state index < -0.39 is 10.0 Å². The molecular formula is C10H14N2O3S. The Morgan fingerprint density at radius 3 is 2.56 bits per heavy atom. The molecule has 88 valence electrons. The predicted octanol–water partition coefficient (Wildman–Crippen LogP) is -0.237. The maximum Gasteiger partial charge on any atom is 0.240 e. The van der Waals surface area contributed by atoms with Crippen LogP contribution in [0.25, 0.3) is 0 Å². The number of sulfonamides is 1. The monoisotopic (exact) mass is 242 g/mol. The summed E-state index contributed by atoms with van der Waals surface area (Å²) in [6, 6.07) is 6.65. The molecule has 1 aliphatic heterocycles. The van der Waals surface area contributed by atoms with Crippen LogP contribution in [0, 0.1) is 5.92 Å². The van der Waals surface area contributed by atoms with Gasteiger partial charge in [0.1, 0.15) is 4.90 Å². The minimum atomic E-state index is -3.68. The lowest BCUT2D eigenvalue weighted by molar-refractivity contribution is 0.200. The Bertz CT molecular complexity index is 481. The van der Waals surface area contributed by atoms with E-state index in [2.05, 4.69) is 0 Å². The number of anilines is 1. The molecule has 2 rings (SSSR count). The first-order valence-electron chi connectivity index (χ1n) is 5.00. The molecule has 1 saturated heterocycles. The number of aliphatic hydroxyl groups is 1. The quantitative estimate of drug-likeness (QED) is 0.766. The van der Waals surface area contributed by atoms with Crippen molar-refractivity contribution >= 4 is 15.7 Å². The third-order valence-electron chi connectivity index (χ3n) is 2.73. The number of para-hydroxylation sites is 1. The zero-order valence-electron chi connectivity index (χ0n) is 8.70. The highest BCUT2D eigenvalue weighted by molar-refractivity contribution is 7.89. The van der Waals surface area contributed by atoms with E-state index in [1.54, 1.807) is 18.2 Å². The van der Waals surface area contributed by atoms with E-state index >= 15 is 0 Å². The topological polar surface area (TPSA) is 83.6 Å². The summed E-state index contributed by atoms with van der Waals surface area (Å²) in [5.41, 5.74) is 0.620. The summed E-state index contributed by atoms with van der Waals surface area (Å²) < 4.78 is 22.7. The van der Waals surface area contributed by atoms with Crippen molar-refractivity contribution in [2.75, 3.05) is 24.6 Å². The van der Waals surface area contributed by atoms with Crippen LogP contribution < -0.4 is 10.0 Å². The molecule has 1 aromatic carbocycles. The van der Waals surface area contributed by atoms with Gasteiger partial charge in [0.2, 0.25) is 10.0 Å². The lowest BCUT2D eigenvalue weighted by Crippen LogP contribution is -2.49. The van der Waals surface area contributed by atoms with E-state index in [1.807, 2.05) is 4.90 Å². The smallest absolute Gasteiger partial charge is 0.240 e. The van der Waals surface area contributed by atoms with Gasteiger partial charge in [-0.25, -0.2) is 13.6 Å². The molecule has 0 bridgehead atoms. The summed E-state index contributed by atoms with van der Waals surface area (Å²) >= 11 is 0. The average molecular weight is 242 g/mol. The molecule has 1 fully saturated rings. The summed E-state index contributed by atoms with van der Waals surface area (Å²) in [5.74, 6) is 0.230. The zero-order valence-corrected chi connectivity index (χ0v) is 9.52. The van der Waals surface area contributed by atoms with Crippen molar-refractivity contribution < 1.29 is 13.5 Å². The second kappa shape index (κ2) is 4.04. The van der Waals surface area contributed by atoms with Crippen LogP contribution in [0.1, 0.15) is 0 Å². The molecule has 0 amide bonds. The van der Waals surface area contributed by atoms with E-state index in [-0.39, 0.29) is 17.4 Å². The first-order chi connectivity index (χ1) is 7.52. The fourth-order valence-electron chi connectivity index (χ4n) is 1.84. The summed E-state index contributed by atoms with van der Waals surface area (Å²) in [7, 11) is -3.68. The van der Waals surface area contributed by atoms with E-state index in [9.17, 15) is 8.42 Å². The number of nitrogens with two attached hydrogens (primary N) is 1. The number of hydrogen-bond acceptors (Lipinski definition) is 4. The van der Waals surface area contributed by atoms with E-state index in [4.69, 9.17) is 10.2 Å². The molecule has 0 saturated carbocycles. The molecule has 0 spiro atoms. The van der Waals surface area contributed by atoms with Gasteiger partial charge in [-0.05, 0) is 12.1 Å². The second-order valence-electron chi connectivity index (χ2n) is 3.97. The van der Waals surface area contributed by atoms with Crippen molar-refractivity contribution in [2.45, 2.75) is 4.90 Å². The van der Waals surface area contributed by atoms with Crippen LogP contribution in [0.3, 0.4) is 0 Å². The van der Waals surface area contributed by atoms with Crippen LogP contribution in [0.5, 0.6) is 0 Å². The van der Waals surface area contributed by atoms with Crippen molar-refractivity contribution in [3.05, 3.63) is 24.3 Å². The van der Waals surface area contributed by atoms with E-state index in [1.165, 1.54) is 6.07 Å². The number of rotatable bonds is 3. The fourth-order valence-corrected chi connectivity index (χ4v) is 2.60. The van der Waals surface area contributed by atoms with Gasteiger partial charge in [0.25, 0.3) is 0 Å². The van der Waals surface area contributed by atoms with Crippen LogP contribution in [-0.2, 0) is 10.0 Å². The van der Waals surface area contributed by atoms with Crippen molar-refractivity contribution in [1.29, 1.82) is 0 Å². The molecular weight excluding hydrogens is 228 g/mol. The molecule has 3 N–H and O–H groups in total. The summed E-state index contributed by atoms with van der Waals surface area (Å²) in [6.07, 6.45) is 0. The largest absolute Gasteiger partial charge is 0.396 e. The molecule has 0 atom stereocenters. The lowest BCUT2D eigenvalue weighted by Gasteiger charge is -2.40. The zero-order chi connectivity index (χ0) is 11.8. The van der Waals surface area contributed by atoms with Gasteiger partial charge in [-0.1, -0.05) is 12.1 Å². The summed E-state index contributed by atoms with van der Waals surface area (Å²) in [5, 5.41) is 14.0. The van der Waals surface area contributed by atoms with Crippen LogP contribution in [0.2, 0.25) is 0 Å². The highest BCUT2D eigenvalue weighted by atomic mass is 32.2. The lowest BCUT2D eigenvalue weighted by atomic mass is 10.0. The molecule has 0 radical (unpaired) electrons. The van der Waals surface area contributed by atoms with Gasteiger partial charge in [0, 0.05) is 25.6 Å². The molecule has 1 aromatic rings. The molecule has 1 heterocycles. The SMILES string of the molecule is NS(=O)(=O)c1ccccc1N1CC(CO)C1. The van der Waals surface area contributed by atoms with Gasteiger partial charge < -0.3 is 10.0 Å². The summed E-state index contributed by atoms with van der Waals surface area (Å²) in [4.78, 5) is 2.05. The van der Waals surface area contributed by atoms with Gasteiger partial charge in [0.05, 0.1) is 5.69 Å². The number of aliphatic hydroxyl groups excluding tert-OH is 1. The maximum atomic E-state index is 11.4. The Morgan fingerprint density at radius 2 is 2.00 bits per heavy atom. The minimum absolute atomic E-state index is 0.133. The first kappa shape index (κ1) is 11.4. The van der Waals surface area contributed by atoms with Gasteiger partial charge in [0.15, 0.2) is 0 Å². The van der Waals surface area contributed by atoms with Gasteiger partial charge >= 0.3 is 0 Å². The fraction of sp³-hybridized carbons (Fsp3) is 0.400.